The minimum absolute atomic E-state index is 0.679. The van der Waals surface area contributed by atoms with Crippen molar-refractivity contribution in [2.45, 2.75) is 51.7 Å². The molecule has 0 amide bonds. The molecule has 0 bridgehead atoms. The molecule has 0 aliphatic carbocycles. The van der Waals surface area contributed by atoms with E-state index in [9.17, 15) is 0 Å². The number of piperidine rings is 1. The molecular formula is C28H36N4O2. The number of rotatable bonds is 9. The fourth-order valence-electron chi connectivity index (χ4n) is 5.05. The van der Waals surface area contributed by atoms with E-state index >= 15 is 0 Å². The minimum Gasteiger partial charge on any atom is -0.497 e. The van der Waals surface area contributed by atoms with Crippen molar-refractivity contribution in [2.75, 3.05) is 43.1 Å². The van der Waals surface area contributed by atoms with Crippen molar-refractivity contribution in [3.63, 3.8) is 0 Å². The molecule has 3 aromatic rings. The Bertz CT molecular complexity index is 1040. The summed E-state index contributed by atoms with van der Waals surface area (Å²) < 4.78 is 11.5. The molecule has 0 spiro atoms. The van der Waals surface area contributed by atoms with Crippen LogP contribution in [0.4, 0.5) is 11.7 Å². The molecule has 2 aromatic carbocycles. The Morgan fingerprint density at radius 1 is 0.882 bits per heavy atom. The number of likely N-dealkylation sites (tertiary alicyclic amines) is 1. The van der Waals surface area contributed by atoms with Gasteiger partial charge in [-0.3, -0.25) is 4.90 Å². The summed E-state index contributed by atoms with van der Waals surface area (Å²) in [4.78, 5) is 12.1. The maximum Gasteiger partial charge on any atom is 0.298 e. The molecule has 2 saturated heterocycles. The summed E-state index contributed by atoms with van der Waals surface area (Å²) in [5, 5.41) is 0. The van der Waals surface area contributed by atoms with Crippen molar-refractivity contribution in [2.24, 2.45) is 0 Å². The van der Waals surface area contributed by atoms with E-state index in [-0.39, 0.29) is 0 Å². The Hall–Kier alpha value is -2.99. The molecule has 180 valence electrons. The van der Waals surface area contributed by atoms with Gasteiger partial charge in [-0.25, -0.2) is 0 Å². The van der Waals surface area contributed by atoms with Crippen molar-refractivity contribution in [3.8, 4) is 5.75 Å². The summed E-state index contributed by atoms with van der Waals surface area (Å²) in [6.07, 6.45) is 8.31. The van der Waals surface area contributed by atoms with E-state index in [0.29, 0.717) is 12.6 Å². The average Bonchev–Trinajstić information content (AvgIpc) is 3.58. The number of methoxy groups -OCH3 is 1. The maximum atomic E-state index is 6.02. The summed E-state index contributed by atoms with van der Waals surface area (Å²) in [6, 6.07) is 17.9. The van der Waals surface area contributed by atoms with Gasteiger partial charge in [-0.15, -0.1) is 0 Å². The first-order valence-corrected chi connectivity index (χ1v) is 12.7. The molecule has 5 rings (SSSR count). The van der Waals surface area contributed by atoms with Gasteiger partial charge in [-0.05, 0) is 74.2 Å². The van der Waals surface area contributed by atoms with Crippen LogP contribution in [0.25, 0.3) is 0 Å². The number of ether oxygens (including phenoxy) is 1. The van der Waals surface area contributed by atoms with Gasteiger partial charge >= 0.3 is 0 Å². The molecule has 0 radical (unpaired) electrons. The SMILES string of the molecule is COc1cccc(CN(Cc2ccc(N3CCCC3)cc2)c2nc(CN3CCCCC3)co2)c1. The molecule has 0 unspecified atom stereocenters. The predicted octanol–water partition coefficient (Wildman–Crippen LogP) is 5.48. The molecule has 2 aliphatic heterocycles. The summed E-state index contributed by atoms with van der Waals surface area (Å²) in [5.41, 5.74) is 4.75. The van der Waals surface area contributed by atoms with Gasteiger partial charge in [0.15, 0.2) is 0 Å². The highest BCUT2D eigenvalue weighted by atomic mass is 16.5. The van der Waals surface area contributed by atoms with E-state index in [4.69, 9.17) is 14.1 Å². The van der Waals surface area contributed by atoms with E-state index in [1.54, 1.807) is 7.11 Å². The zero-order valence-electron chi connectivity index (χ0n) is 20.3. The standard InChI is InChI=1S/C28H36N4O2/c1-33-27-9-7-8-24(18-27)20-32(19-23-10-12-26(13-11-23)31-16-5-6-17-31)28-29-25(22-34-28)21-30-14-3-2-4-15-30/h7-13,18,22H,2-6,14-17,19-21H2,1H3. The number of hydrogen-bond acceptors (Lipinski definition) is 6. The topological polar surface area (TPSA) is 45.0 Å². The Kier molecular flexibility index (Phi) is 7.34. The van der Waals surface area contributed by atoms with Crippen molar-refractivity contribution < 1.29 is 9.15 Å². The van der Waals surface area contributed by atoms with Crippen LogP contribution in [0.2, 0.25) is 0 Å². The largest absolute Gasteiger partial charge is 0.497 e. The molecule has 34 heavy (non-hydrogen) atoms. The van der Waals surface area contributed by atoms with Gasteiger partial charge in [0.25, 0.3) is 6.01 Å². The second-order valence-corrected chi connectivity index (χ2v) is 9.53. The van der Waals surface area contributed by atoms with Gasteiger partial charge < -0.3 is 19.0 Å². The van der Waals surface area contributed by atoms with Crippen LogP contribution in [0.5, 0.6) is 5.75 Å². The van der Waals surface area contributed by atoms with E-state index in [1.165, 1.54) is 48.9 Å². The molecule has 3 heterocycles. The molecule has 2 aliphatic rings. The Labute approximate surface area is 203 Å². The zero-order valence-corrected chi connectivity index (χ0v) is 20.3. The Balaban J connectivity index is 1.33. The smallest absolute Gasteiger partial charge is 0.298 e. The summed E-state index contributed by atoms with van der Waals surface area (Å²) in [5.74, 6) is 0.866. The molecule has 2 fully saturated rings. The van der Waals surface area contributed by atoms with E-state index in [1.807, 2.05) is 18.4 Å². The fraction of sp³-hybridized carbons (Fsp3) is 0.464. The van der Waals surface area contributed by atoms with Gasteiger partial charge in [0, 0.05) is 38.4 Å². The van der Waals surface area contributed by atoms with Crippen LogP contribution in [0, 0.1) is 0 Å². The van der Waals surface area contributed by atoms with Gasteiger partial charge in [0.1, 0.15) is 12.0 Å². The van der Waals surface area contributed by atoms with Gasteiger partial charge in [-0.1, -0.05) is 30.7 Å². The predicted molar refractivity (Wildman–Crippen MR) is 136 cm³/mol. The highest BCUT2D eigenvalue weighted by molar-refractivity contribution is 5.49. The van der Waals surface area contributed by atoms with Gasteiger partial charge in [-0.2, -0.15) is 4.98 Å². The average molecular weight is 461 g/mol. The molecular weight excluding hydrogens is 424 g/mol. The Morgan fingerprint density at radius 2 is 1.62 bits per heavy atom. The van der Waals surface area contributed by atoms with Crippen LogP contribution in [0.3, 0.4) is 0 Å². The highest BCUT2D eigenvalue weighted by Crippen LogP contribution is 2.25. The maximum absolute atomic E-state index is 6.02. The molecule has 0 atom stereocenters. The van der Waals surface area contributed by atoms with E-state index in [0.717, 1.165) is 50.7 Å². The second-order valence-electron chi connectivity index (χ2n) is 9.53. The third-order valence-electron chi connectivity index (χ3n) is 6.93. The molecule has 0 N–H and O–H groups in total. The third-order valence-corrected chi connectivity index (χ3v) is 6.93. The lowest BCUT2D eigenvalue weighted by Crippen LogP contribution is -2.29. The first kappa shape index (κ1) is 22.8. The van der Waals surface area contributed by atoms with Gasteiger partial charge in [0.2, 0.25) is 0 Å². The lowest BCUT2D eigenvalue weighted by molar-refractivity contribution is 0.218. The van der Waals surface area contributed by atoms with Crippen molar-refractivity contribution in [3.05, 3.63) is 71.6 Å². The highest BCUT2D eigenvalue weighted by Gasteiger charge is 2.18. The number of hydrogen-bond donors (Lipinski definition) is 0. The first-order valence-electron chi connectivity index (χ1n) is 12.7. The molecule has 0 saturated carbocycles. The van der Waals surface area contributed by atoms with Crippen LogP contribution in [0.1, 0.15) is 48.9 Å². The normalized spacial score (nSPS) is 16.7. The lowest BCUT2D eigenvalue weighted by Gasteiger charge is -2.25. The summed E-state index contributed by atoms with van der Waals surface area (Å²) in [6.45, 7) is 6.93. The number of aromatic nitrogens is 1. The quantitative estimate of drug-likeness (QED) is 0.422. The van der Waals surface area contributed by atoms with Crippen molar-refractivity contribution in [1.29, 1.82) is 0 Å². The molecule has 6 heteroatoms. The van der Waals surface area contributed by atoms with Crippen LogP contribution in [-0.4, -0.2) is 43.2 Å². The van der Waals surface area contributed by atoms with Crippen LogP contribution < -0.4 is 14.5 Å². The summed E-state index contributed by atoms with van der Waals surface area (Å²) >= 11 is 0. The zero-order chi connectivity index (χ0) is 23.2. The monoisotopic (exact) mass is 460 g/mol. The minimum atomic E-state index is 0.679. The number of nitrogens with zero attached hydrogens (tertiary/aromatic N) is 4. The van der Waals surface area contributed by atoms with Crippen LogP contribution >= 0.6 is 0 Å². The van der Waals surface area contributed by atoms with Gasteiger partial charge in [0.05, 0.1) is 12.8 Å². The number of anilines is 2. The van der Waals surface area contributed by atoms with Crippen molar-refractivity contribution in [1.82, 2.24) is 9.88 Å². The Morgan fingerprint density at radius 3 is 2.38 bits per heavy atom. The first-order chi connectivity index (χ1) is 16.8. The molecule has 1 aromatic heterocycles. The van der Waals surface area contributed by atoms with E-state index < -0.39 is 0 Å². The lowest BCUT2D eigenvalue weighted by atomic mass is 10.1. The summed E-state index contributed by atoms with van der Waals surface area (Å²) in [7, 11) is 1.71. The molecule has 6 nitrogen and oxygen atoms in total. The van der Waals surface area contributed by atoms with Crippen LogP contribution in [-0.2, 0) is 19.6 Å². The fourth-order valence-corrected chi connectivity index (χ4v) is 5.05. The third kappa shape index (κ3) is 5.73. The number of oxazole rings is 1. The van der Waals surface area contributed by atoms with E-state index in [2.05, 4.69) is 51.1 Å². The van der Waals surface area contributed by atoms with Crippen molar-refractivity contribution >= 4 is 11.7 Å². The van der Waals surface area contributed by atoms with Crippen LogP contribution in [0.15, 0.2) is 59.2 Å². The number of benzene rings is 2. The second kappa shape index (κ2) is 11.0.